The van der Waals surface area contributed by atoms with Crippen LogP contribution in [0.15, 0.2) is 0 Å². The summed E-state index contributed by atoms with van der Waals surface area (Å²) in [4.78, 5) is -5.40. The zero-order valence-electron chi connectivity index (χ0n) is 43.9. The Morgan fingerprint density at radius 3 is 0.300 bits per heavy atom. The second-order valence-electron chi connectivity index (χ2n) is 17.3. The van der Waals surface area contributed by atoms with Gasteiger partial charge in [-0.1, -0.05) is 0 Å². The second-order valence-corrected chi connectivity index (χ2v) is 35.5. The maximum absolute atomic E-state index is 3.08. The minimum absolute atomic E-state index is 1.20. The van der Waals surface area contributed by atoms with Gasteiger partial charge in [-0.05, 0) is 0 Å². The molecule has 0 aliphatic rings. The van der Waals surface area contributed by atoms with Gasteiger partial charge in [-0.3, -0.25) is 0 Å². The Morgan fingerprint density at radius 1 is 0.183 bits per heavy atom. The van der Waals surface area contributed by atoms with E-state index < -0.39 is 9.70 Å². The third-order valence-corrected chi connectivity index (χ3v) is 37.2. The molecule has 0 aromatic carbocycles. The zero-order chi connectivity index (χ0) is 46.1. The van der Waals surface area contributed by atoms with Crippen molar-refractivity contribution in [3.8, 4) is 0 Å². The first-order valence-corrected chi connectivity index (χ1v) is 36.0. The van der Waals surface area contributed by atoms with Gasteiger partial charge in [-0.15, -0.1) is 0 Å². The predicted octanol–water partition coefficient (Wildman–Crippen LogP) is 16.1. The summed E-state index contributed by atoms with van der Waals surface area (Å²) in [5.74, 6) is 0. The molecule has 0 saturated carbocycles. The molecular formula is C48H112I2N8P2. The van der Waals surface area contributed by atoms with Gasteiger partial charge in [0.05, 0.1) is 0 Å². The van der Waals surface area contributed by atoms with Gasteiger partial charge >= 0.3 is 409 Å². The SMILES string of the molecule is CCCN(CCC)P(I)(N(CCC)CCC)(N(CCC)CCC)N(CCC)CCC.CCCN(CCC)P(I)(N(CCC)CCC)(N(CCC)CCC)N(CCC)CCC. The van der Waals surface area contributed by atoms with Crippen molar-refractivity contribution in [1.29, 1.82) is 0 Å². The Bertz CT molecular complexity index is 725. The van der Waals surface area contributed by atoms with Crippen molar-refractivity contribution in [2.45, 2.75) is 214 Å². The van der Waals surface area contributed by atoms with Crippen LogP contribution in [0.5, 0.6) is 0 Å². The molecule has 0 bridgehead atoms. The molecule has 0 aromatic rings. The Morgan fingerprint density at radius 2 is 0.250 bits per heavy atom. The van der Waals surface area contributed by atoms with E-state index in [1.54, 1.807) is 0 Å². The molecule has 0 heterocycles. The van der Waals surface area contributed by atoms with Gasteiger partial charge in [0.1, 0.15) is 0 Å². The summed E-state index contributed by atoms with van der Waals surface area (Å²) < 4.78 is 24.0. The number of halogens is 2. The zero-order valence-corrected chi connectivity index (χ0v) is 50.0. The number of nitrogens with zero attached hydrogens (tertiary/aromatic N) is 8. The standard InChI is InChI=1S/2C24H56IN4P/c2*1-9-17-26(18-10-2)30(25,27(19-11-3)20-12-4,28(21-13-5)22-14-6)29(23-15-7)24-16-8/h2*9-24H2,1-8H3. The normalized spacial score (nSPS) is 14.2. The first-order chi connectivity index (χ1) is 28.8. The van der Waals surface area contributed by atoms with Gasteiger partial charge in [0.2, 0.25) is 0 Å². The Kier molecular flexibility index (Phi) is 38.6. The van der Waals surface area contributed by atoms with E-state index in [2.05, 4.69) is 192 Å². The van der Waals surface area contributed by atoms with Crippen molar-refractivity contribution in [2.75, 3.05) is 105 Å². The molecule has 0 spiro atoms. The van der Waals surface area contributed by atoms with Crippen molar-refractivity contribution < 1.29 is 0 Å². The van der Waals surface area contributed by atoms with Gasteiger partial charge in [0.15, 0.2) is 0 Å². The first kappa shape index (κ1) is 64.1. The fourth-order valence-electron chi connectivity index (χ4n) is 9.92. The molecule has 0 aliphatic heterocycles. The number of rotatable bonds is 40. The molecule has 0 aromatic heterocycles. The Balaban J connectivity index is 0. The van der Waals surface area contributed by atoms with E-state index in [1.807, 2.05) is 0 Å². The van der Waals surface area contributed by atoms with Crippen LogP contribution in [0.4, 0.5) is 0 Å². The van der Waals surface area contributed by atoms with E-state index in [0.717, 1.165) is 0 Å². The second kappa shape index (κ2) is 36.1. The summed E-state index contributed by atoms with van der Waals surface area (Å²) in [7, 11) is 0. The third kappa shape index (κ3) is 16.1. The predicted molar refractivity (Wildman–Crippen MR) is 299 cm³/mol. The molecule has 0 amide bonds. The summed E-state index contributed by atoms with van der Waals surface area (Å²) >= 11 is 6.15. The minimum atomic E-state index is -2.70. The summed E-state index contributed by atoms with van der Waals surface area (Å²) in [5, 5.41) is 0. The summed E-state index contributed by atoms with van der Waals surface area (Å²) in [6, 6.07) is 0. The van der Waals surface area contributed by atoms with Gasteiger partial charge in [0, 0.05) is 0 Å². The molecule has 368 valence electrons. The average molecular weight is 1120 g/mol. The van der Waals surface area contributed by atoms with Crippen LogP contribution >= 0.6 is 53.8 Å². The molecule has 60 heavy (non-hydrogen) atoms. The Labute approximate surface area is 406 Å². The van der Waals surface area contributed by atoms with Crippen LogP contribution in [0.2, 0.25) is 0 Å². The van der Waals surface area contributed by atoms with E-state index in [0.29, 0.717) is 0 Å². The number of hydrogen-bond acceptors (Lipinski definition) is 8. The van der Waals surface area contributed by atoms with Crippen molar-refractivity contribution in [1.82, 2.24) is 37.4 Å². The average Bonchev–Trinajstić information content (AvgIpc) is 3.23. The quantitative estimate of drug-likeness (QED) is 0.0442. The molecule has 0 N–H and O–H groups in total. The molecule has 0 rings (SSSR count). The van der Waals surface area contributed by atoms with Gasteiger partial charge in [-0.2, -0.15) is 0 Å². The molecule has 0 saturated heterocycles. The van der Waals surface area contributed by atoms with E-state index in [-0.39, 0.29) is 0 Å². The van der Waals surface area contributed by atoms with Crippen LogP contribution in [0, 0.1) is 0 Å². The molecule has 12 heteroatoms. The van der Waals surface area contributed by atoms with Crippen LogP contribution in [-0.2, 0) is 0 Å². The topological polar surface area (TPSA) is 25.9 Å². The van der Waals surface area contributed by atoms with Gasteiger partial charge in [-0.25, -0.2) is 0 Å². The van der Waals surface area contributed by atoms with E-state index >= 15 is 0 Å². The van der Waals surface area contributed by atoms with E-state index in [9.17, 15) is 0 Å². The van der Waals surface area contributed by atoms with Crippen molar-refractivity contribution >= 4 is 53.8 Å². The molecule has 0 atom stereocenters. The van der Waals surface area contributed by atoms with Crippen LogP contribution in [-0.4, -0.2) is 142 Å². The fourth-order valence-corrected chi connectivity index (χ4v) is 33.3. The molecule has 0 radical (unpaired) electrons. The van der Waals surface area contributed by atoms with Crippen LogP contribution < -0.4 is 0 Å². The first-order valence-electron chi connectivity index (χ1n) is 26.3. The van der Waals surface area contributed by atoms with E-state index in [4.69, 9.17) is 0 Å². The van der Waals surface area contributed by atoms with Crippen molar-refractivity contribution in [2.24, 2.45) is 0 Å². The molecule has 8 nitrogen and oxygen atoms in total. The molecular weight excluding hydrogens is 1000 g/mol. The monoisotopic (exact) mass is 1120 g/mol. The van der Waals surface area contributed by atoms with Crippen LogP contribution in [0.3, 0.4) is 0 Å². The summed E-state index contributed by atoms with van der Waals surface area (Å²) in [5.41, 5.74) is 0. The summed E-state index contributed by atoms with van der Waals surface area (Å²) in [6.07, 6.45) is 19.6. The Hall–Kier alpha value is 2.00. The third-order valence-electron chi connectivity index (χ3n) is 11.6. The fraction of sp³-hybridized carbons (Fsp3) is 1.00. The molecule has 0 aliphatic carbocycles. The molecule has 0 fully saturated rings. The summed E-state index contributed by atoms with van der Waals surface area (Å²) in [6.45, 7) is 57.2. The van der Waals surface area contributed by atoms with Crippen molar-refractivity contribution in [3.05, 3.63) is 0 Å². The molecule has 0 unspecified atom stereocenters. The van der Waals surface area contributed by atoms with Gasteiger partial charge < -0.3 is 0 Å². The van der Waals surface area contributed by atoms with Crippen LogP contribution in [0.25, 0.3) is 0 Å². The maximum atomic E-state index is 3.08. The van der Waals surface area contributed by atoms with Gasteiger partial charge in [0.25, 0.3) is 0 Å². The number of hydrogen-bond donors (Lipinski definition) is 0. The van der Waals surface area contributed by atoms with E-state index in [1.165, 1.54) is 207 Å². The van der Waals surface area contributed by atoms with Crippen molar-refractivity contribution in [3.63, 3.8) is 0 Å². The van der Waals surface area contributed by atoms with Crippen LogP contribution in [0.1, 0.15) is 214 Å².